The minimum atomic E-state index is -0.605. The molecule has 0 spiro atoms. The molecular weight excluding hydrogens is 246 g/mol. The molecule has 2 heterocycles. The van der Waals surface area contributed by atoms with Gasteiger partial charge in [-0.25, -0.2) is 9.78 Å². The van der Waals surface area contributed by atoms with Crippen molar-refractivity contribution in [2.45, 2.75) is 19.1 Å². The van der Waals surface area contributed by atoms with E-state index in [4.69, 9.17) is 14.7 Å². The molecule has 1 fully saturated rings. The number of rotatable bonds is 2. The predicted octanol–water partition coefficient (Wildman–Crippen LogP) is 0.720. The van der Waals surface area contributed by atoms with Gasteiger partial charge in [-0.3, -0.25) is 0 Å². The SMILES string of the molecule is COC(=O)C1CN(c2ccc(C#N)cn2)C[C@@H](C)O1. The number of carbonyl (C=O) groups excluding carboxylic acids is 1. The van der Waals surface area contributed by atoms with Gasteiger partial charge >= 0.3 is 5.97 Å². The lowest BCUT2D eigenvalue weighted by molar-refractivity contribution is -0.158. The minimum Gasteiger partial charge on any atom is -0.467 e. The van der Waals surface area contributed by atoms with Crippen molar-refractivity contribution in [3.05, 3.63) is 23.9 Å². The average molecular weight is 261 g/mol. The predicted molar refractivity (Wildman–Crippen MR) is 67.5 cm³/mol. The van der Waals surface area contributed by atoms with E-state index in [0.717, 1.165) is 5.82 Å². The van der Waals surface area contributed by atoms with E-state index in [1.54, 1.807) is 12.1 Å². The molecule has 2 rings (SSSR count). The summed E-state index contributed by atoms with van der Waals surface area (Å²) in [5, 5.41) is 8.74. The van der Waals surface area contributed by atoms with Gasteiger partial charge in [0.25, 0.3) is 0 Å². The second-order valence-electron chi connectivity index (χ2n) is 4.38. The molecule has 1 unspecified atom stereocenters. The quantitative estimate of drug-likeness (QED) is 0.730. The third-order valence-corrected chi connectivity index (χ3v) is 2.93. The largest absolute Gasteiger partial charge is 0.467 e. The highest BCUT2D eigenvalue weighted by Gasteiger charge is 2.31. The van der Waals surface area contributed by atoms with Crippen LogP contribution in [-0.4, -0.2) is 43.4 Å². The number of nitriles is 1. The van der Waals surface area contributed by atoms with E-state index in [2.05, 4.69) is 4.98 Å². The zero-order chi connectivity index (χ0) is 13.8. The smallest absolute Gasteiger partial charge is 0.336 e. The summed E-state index contributed by atoms with van der Waals surface area (Å²) in [5.41, 5.74) is 0.509. The van der Waals surface area contributed by atoms with Crippen LogP contribution in [0.4, 0.5) is 5.82 Å². The second-order valence-corrected chi connectivity index (χ2v) is 4.38. The molecule has 2 atom stereocenters. The number of pyridine rings is 1. The summed E-state index contributed by atoms with van der Waals surface area (Å²) in [5.74, 6) is 0.341. The first-order chi connectivity index (χ1) is 9.13. The molecule has 6 heteroatoms. The zero-order valence-corrected chi connectivity index (χ0v) is 10.9. The van der Waals surface area contributed by atoms with Crippen LogP contribution in [0.15, 0.2) is 18.3 Å². The summed E-state index contributed by atoms with van der Waals surface area (Å²) in [4.78, 5) is 17.7. The number of ether oxygens (including phenoxy) is 2. The van der Waals surface area contributed by atoms with Gasteiger partial charge in [-0.2, -0.15) is 5.26 Å². The summed E-state index contributed by atoms with van der Waals surface area (Å²) >= 11 is 0. The number of morpholine rings is 1. The number of nitrogens with zero attached hydrogens (tertiary/aromatic N) is 3. The van der Waals surface area contributed by atoms with Crippen LogP contribution in [-0.2, 0) is 14.3 Å². The number of methoxy groups -OCH3 is 1. The Labute approximate surface area is 111 Å². The van der Waals surface area contributed by atoms with E-state index >= 15 is 0 Å². The van der Waals surface area contributed by atoms with Crippen molar-refractivity contribution >= 4 is 11.8 Å². The van der Waals surface area contributed by atoms with Crippen LogP contribution >= 0.6 is 0 Å². The summed E-state index contributed by atoms with van der Waals surface area (Å²) in [6, 6.07) is 5.49. The Morgan fingerprint density at radius 3 is 2.95 bits per heavy atom. The third kappa shape index (κ3) is 3.01. The fourth-order valence-corrected chi connectivity index (χ4v) is 2.04. The van der Waals surface area contributed by atoms with E-state index in [-0.39, 0.29) is 12.1 Å². The maximum Gasteiger partial charge on any atom is 0.336 e. The van der Waals surface area contributed by atoms with Crippen molar-refractivity contribution < 1.29 is 14.3 Å². The molecule has 0 saturated carbocycles. The van der Waals surface area contributed by atoms with Crippen LogP contribution in [0.1, 0.15) is 12.5 Å². The van der Waals surface area contributed by atoms with Gasteiger partial charge in [0, 0.05) is 12.7 Å². The average Bonchev–Trinajstić information content (AvgIpc) is 2.45. The van der Waals surface area contributed by atoms with Crippen molar-refractivity contribution in [1.82, 2.24) is 4.98 Å². The monoisotopic (exact) mass is 261 g/mol. The number of carbonyl (C=O) groups is 1. The lowest BCUT2D eigenvalue weighted by Crippen LogP contribution is -2.50. The molecular formula is C13H15N3O3. The van der Waals surface area contributed by atoms with Gasteiger partial charge in [-0.05, 0) is 19.1 Å². The molecule has 0 radical (unpaired) electrons. The standard InChI is InChI=1S/C13H15N3O3/c1-9-7-16(8-11(19-9)13(17)18-2)12-4-3-10(5-14)6-15-12/h3-4,6,9,11H,7-8H2,1-2H3/t9-,11?/m1/s1. The van der Waals surface area contributed by atoms with Crippen LogP contribution in [0.3, 0.4) is 0 Å². The summed E-state index contributed by atoms with van der Waals surface area (Å²) < 4.78 is 10.2. The maximum atomic E-state index is 11.6. The molecule has 6 nitrogen and oxygen atoms in total. The third-order valence-electron chi connectivity index (χ3n) is 2.93. The molecule has 1 aromatic rings. The highest BCUT2D eigenvalue weighted by atomic mass is 16.6. The fourth-order valence-electron chi connectivity index (χ4n) is 2.04. The molecule has 19 heavy (non-hydrogen) atoms. The Bertz CT molecular complexity index is 495. The number of esters is 1. The highest BCUT2D eigenvalue weighted by Crippen LogP contribution is 2.19. The topological polar surface area (TPSA) is 75.5 Å². The van der Waals surface area contributed by atoms with Crippen molar-refractivity contribution in [3.63, 3.8) is 0 Å². The van der Waals surface area contributed by atoms with Gasteiger partial charge in [-0.1, -0.05) is 0 Å². The normalized spacial score (nSPS) is 22.7. The van der Waals surface area contributed by atoms with Crippen molar-refractivity contribution in [2.24, 2.45) is 0 Å². The first-order valence-electron chi connectivity index (χ1n) is 5.98. The molecule has 0 bridgehead atoms. The molecule has 0 N–H and O–H groups in total. The molecule has 100 valence electrons. The van der Waals surface area contributed by atoms with Gasteiger partial charge in [0.1, 0.15) is 11.9 Å². The highest BCUT2D eigenvalue weighted by molar-refractivity contribution is 5.75. The lowest BCUT2D eigenvalue weighted by atomic mass is 10.2. The Morgan fingerprint density at radius 1 is 1.58 bits per heavy atom. The van der Waals surface area contributed by atoms with E-state index in [9.17, 15) is 4.79 Å². The minimum absolute atomic E-state index is 0.0877. The Morgan fingerprint density at radius 2 is 2.37 bits per heavy atom. The molecule has 0 aliphatic carbocycles. The van der Waals surface area contributed by atoms with Gasteiger partial charge in [0.05, 0.1) is 25.3 Å². The first kappa shape index (κ1) is 13.3. The van der Waals surface area contributed by atoms with Crippen LogP contribution in [0.2, 0.25) is 0 Å². The molecule has 1 aliphatic rings. The number of hydrogen-bond donors (Lipinski definition) is 0. The van der Waals surface area contributed by atoms with Crippen molar-refractivity contribution in [3.8, 4) is 6.07 Å². The number of anilines is 1. The number of hydrogen-bond acceptors (Lipinski definition) is 6. The molecule has 0 aromatic carbocycles. The Balaban J connectivity index is 2.14. The van der Waals surface area contributed by atoms with Gasteiger partial charge in [0.15, 0.2) is 6.10 Å². The second kappa shape index (κ2) is 5.67. The van der Waals surface area contributed by atoms with E-state index < -0.39 is 6.10 Å². The van der Waals surface area contributed by atoms with Crippen molar-refractivity contribution in [1.29, 1.82) is 5.26 Å². The number of aromatic nitrogens is 1. The van der Waals surface area contributed by atoms with E-state index in [1.807, 2.05) is 17.9 Å². The summed E-state index contributed by atoms with van der Waals surface area (Å²) in [6.45, 7) is 2.94. The van der Waals surface area contributed by atoms with Crippen LogP contribution in [0, 0.1) is 11.3 Å². The van der Waals surface area contributed by atoms with Crippen LogP contribution in [0.5, 0.6) is 0 Å². The Hall–Kier alpha value is -2.13. The van der Waals surface area contributed by atoms with Gasteiger partial charge in [-0.15, -0.1) is 0 Å². The Kier molecular flexibility index (Phi) is 3.97. The molecule has 1 aliphatic heterocycles. The summed E-state index contributed by atoms with van der Waals surface area (Å²) in [7, 11) is 1.34. The summed E-state index contributed by atoms with van der Waals surface area (Å²) in [6.07, 6.45) is 0.823. The maximum absolute atomic E-state index is 11.6. The van der Waals surface area contributed by atoms with Gasteiger partial charge in [0.2, 0.25) is 0 Å². The first-order valence-corrected chi connectivity index (χ1v) is 5.98. The van der Waals surface area contributed by atoms with Gasteiger partial charge < -0.3 is 14.4 Å². The van der Waals surface area contributed by atoms with Crippen LogP contribution in [0.25, 0.3) is 0 Å². The molecule has 0 amide bonds. The van der Waals surface area contributed by atoms with Crippen LogP contribution < -0.4 is 4.90 Å². The van der Waals surface area contributed by atoms with E-state index in [0.29, 0.717) is 18.7 Å². The zero-order valence-electron chi connectivity index (χ0n) is 10.9. The van der Waals surface area contributed by atoms with E-state index in [1.165, 1.54) is 13.3 Å². The van der Waals surface area contributed by atoms with Crippen molar-refractivity contribution in [2.75, 3.05) is 25.1 Å². The fraction of sp³-hybridized carbons (Fsp3) is 0.462. The molecule has 1 saturated heterocycles. The molecule has 1 aromatic heterocycles. The lowest BCUT2D eigenvalue weighted by Gasteiger charge is -2.36.